The summed E-state index contributed by atoms with van der Waals surface area (Å²) in [4.78, 5) is 13.1. The van der Waals surface area contributed by atoms with E-state index in [0.717, 1.165) is 10.3 Å². The normalized spacial score (nSPS) is 10.9. The van der Waals surface area contributed by atoms with Crippen molar-refractivity contribution in [3.63, 3.8) is 0 Å². The van der Waals surface area contributed by atoms with Crippen molar-refractivity contribution < 1.29 is 13.9 Å². The summed E-state index contributed by atoms with van der Waals surface area (Å²) in [5.41, 5.74) is 1.99. The van der Waals surface area contributed by atoms with E-state index < -0.39 is 0 Å². The predicted molar refractivity (Wildman–Crippen MR) is 97.2 cm³/mol. The molecule has 6 heteroatoms. The van der Waals surface area contributed by atoms with Crippen molar-refractivity contribution in [3.05, 3.63) is 57.2 Å². The molecule has 124 valence electrons. The van der Waals surface area contributed by atoms with Gasteiger partial charge in [-0.15, -0.1) is 11.3 Å². The van der Waals surface area contributed by atoms with Crippen LogP contribution >= 0.6 is 22.9 Å². The average molecular weight is 364 g/mol. The van der Waals surface area contributed by atoms with E-state index in [0.29, 0.717) is 32.3 Å². The second-order valence-corrected chi connectivity index (χ2v) is 6.88. The number of benzene rings is 2. The van der Waals surface area contributed by atoms with Crippen LogP contribution in [0.3, 0.4) is 0 Å². The lowest BCUT2D eigenvalue weighted by atomic mass is 10.1. The Morgan fingerprint density at radius 2 is 2.04 bits per heavy atom. The second kappa shape index (κ2) is 6.42. The summed E-state index contributed by atoms with van der Waals surface area (Å²) in [7, 11) is 1.51. The first-order valence-electron chi connectivity index (χ1n) is 7.25. The number of amides is 1. The Balaban J connectivity index is 2.01. The highest BCUT2D eigenvalue weighted by Crippen LogP contribution is 2.35. The molecule has 0 spiro atoms. The number of thiophene rings is 1. The first-order chi connectivity index (χ1) is 11.4. The van der Waals surface area contributed by atoms with Gasteiger partial charge in [0.05, 0.1) is 17.7 Å². The van der Waals surface area contributed by atoms with Crippen LogP contribution < -0.4 is 10.1 Å². The molecule has 3 nitrogen and oxygen atoms in total. The van der Waals surface area contributed by atoms with Crippen LogP contribution in [0.1, 0.15) is 20.8 Å². The van der Waals surface area contributed by atoms with E-state index in [-0.39, 0.29) is 11.7 Å². The third-order valence-electron chi connectivity index (χ3n) is 3.84. The predicted octanol–water partition coefficient (Wildman–Crippen LogP) is 5.57. The molecule has 0 aliphatic heterocycles. The summed E-state index contributed by atoms with van der Waals surface area (Å²) in [5, 5.41) is 3.89. The number of halogens is 2. The van der Waals surface area contributed by atoms with Crippen LogP contribution in [0.4, 0.5) is 10.1 Å². The number of ether oxygens (including phenoxy) is 1. The number of fused-ring (bicyclic) bond motifs is 1. The van der Waals surface area contributed by atoms with E-state index in [9.17, 15) is 9.18 Å². The lowest BCUT2D eigenvalue weighted by molar-refractivity contribution is 0.102. The number of aryl methyl sites for hydroxylation is 2. The summed E-state index contributed by atoms with van der Waals surface area (Å²) < 4.78 is 20.0. The maximum atomic E-state index is 14.0. The van der Waals surface area contributed by atoms with Crippen LogP contribution in [0.2, 0.25) is 5.02 Å². The molecular weight excluding hydrogens is 349 g/mol. The third kappa shape index (κ3) is 2.85. The quantitative estimate of drug-likeness (QED) is 0.660. The van der Waals surface area contributed by atoms with E-state index in [2.05, 4.69) is 5.32 Å². The first kappa shape index (κ1) is 16.7. The van der Waals surface area contributed by atoms with Crippen LogP contribution in [-0.2, 0) is 0 Å². The van der Waals surface area contributed by atoms with Crippen molar-refractivity contribution in [1.82, 2.24) is 0 Å². The summed E-state index contributed by atoms with van der Waals surface area (Å²) in [6, 6.07) is 8.25. The van der Waals surface area contributed by atoms with Gasteiger partial charge in [-0.25, -0.2) is 4.39 Å². The molecule has 1 aromatic heterocycles. The van der Waals surface area contributed by atoms with E-state index in [4.69, 9.17) is 16.3 Å². The lowest BCUT2D eigenvalue weighted by Crippen LogP contribution is -2.12. The third-order valence-corrected chi connectivity index (χ3v) is 5.50. The number of rotatable bonds is 3. The van der Waals surface area contributed by atoms with Crippen molar-refractivity contribution in [3.8, 4) is 5.75 Å². The fraction of sp³-hybridized carbons (Fsp3) is 0.167. The van der Waals surface area contributed by atoms with Crippen molar-refractivity contribution in [2.75, 3.05) is 12.4 Å². The second-order valence-electron chi connectivity index (χ2n) is 5.42. The van der Waals surface area contributed by atoms with E-state index >= 15 is 0 Å². The summed E-state index contributed by atoms with van der Waals surface area (Å²) >= 11 is 7.35. The van der Waals surface area contributed by atoms with Crippen LogP contribution in [-0.4, -0.2) is 13.0 Å². The molecule has 0 saturated carbocycles. The zero-order valence-corrected chi connectivity index (χ0v) is 14.9. The SMILES string of the molecule is COc1cc(Cl)c(C)cc1NC(=O)c1sc2cccc(F)c2c1C. The van der Waals surface area contributed by atoms with Gasteiger partial charge in [0, 0.05) is 21.2 Å². The minimum Gasteiger partial charge on any atom is -0.495 e. The molecule has 2 aromatic carbocycles. The molecule has 3 aromatic rings. The number of hydrogen-bond donors (Lipinski definition) is 1. The van der Waals surface area contributed by atoms with Crippen LogP contribution in [0, 0.1) is 19.7 Å². The molecule has 1 amide bonds. The highest BCUT2D eigenvalue weighted by atomic mass is 35.5. The van der Waals surface area contributed by atoms with Crippen LogP contribution in [0.25, 0.3) is 10.1 Å². The topological polar surface area (TPSA) is 38.3 Å². The van der Waals surface area contributed by atoms with Gasteiger partial charge in [-0.1, -0.05) is 17.7 Å². The molecule has 1 heterocycles. The van der Waals surface area contributed by atoms with Gasteiger partial charge in [-0.05, 0) is 43.2 Å². The minimum atomic E-state index is -0.319. The molecule has 0 fully saturated rings. The van der Waals surface area contributed by atoms with Gasteiger partial charge >= 0.3 is 0 Å². The molecule has 0 aliphatic carbocycles. The highest BCUT2D eigenvalue weighted by Gasteiger charge is 2.19. The summed E-state index contributed by atoms with van der Waals surface area (Å²) in [6.07, 6.45) is 0. The summed E-state index contributed by atoms with van der Waals surface area (Å²) in [6.45, 7) is 3.60. The molecule has 3 rings (SSSR count). The van der Waals surface area contributed by atoms with Crippen LogP contribution in [0.15, 0.2) is 30.3 Å². The van der Waals surface area contributed by atoms with E-state index in [1.165, 1.54) is 24.5 Å². The van der Waals surface area contributed by atoms with Crippen molar-refractivity contribution >= 4 is 44.6 Å². The van der Waals surface area contributed by atoms with E-state index in [1.54, 1.807) is 31.2 Å². The van der Waals surface area contributed by atoms with Gasteiger partial charge in [-0.2, -0.15) is 0 Å². The van der Waals surface area contributed by atoms with Gasteiger partial charge in [0.15, 0.2) is 0 Å². The average Bonchev–Trinajstić information content (AvgIpc) is 2.89. The summed E-state index contributed by atoms with van der Waals surface area (Å²) in [5.74, 6) is -0.141. The monoisotopic (exact) mass is 363 g/mol. The lowest BCUT2D eigenvalue weighted by Gasteiger charge is -2.12. The minimum absolute atomic E-state index is 0.298. The standard InChI is InChI=1S/C18H15ClFNO2S/c1-9-7-13(14(23-3)8-11(9)19)21-18(22)17-10(2)16-12(20)5-4-6-15(16)24-17/h4-8H,1-3H3,(H,21,22). The number of nitrogens with one attached hydrogen (secondary N) is 1. The molecule has 0 aliphatic rings. The maximum Gasteiger partial charge on any atom is 0.266 e. The number of anilines is 1. The Bertz CT molecular complexity index is 952. The van der Waals surface area contributed by atoms with Crippen LogP contribution in [0.5, 0.6) is 5.75 Å². The zero-order chi connectivity index (χ0) is 17.4. The number of hydrogen-bond acceptors (Lipinski definition) is 3. The number of carbonyl (C=O) groups excluding carboxylic acids is 1. The Morgan fingerprint density at radius 3 is 2.71 bits per heavy atom. The molecule has 0 bridgehead atoms. The Hall–Kier alpha value is -2.11. The highest BCUT2D eigenvalue weighted by molar-refractivity contribution is 7.21. The van der Waals surface area contributed by atoms with Gasteiger partial charge in [-0.3, -0.25) is 4.79 Å². The number of methoxy groups -OCH3 is 1. The molecule has 1 N–H and O–H groups in total. The smallest absolute Gasteiger partial charge is 0.266 e. The van der Waals surface area contributed by atoms with Gasteiger partial charge in [0.2, 0.25) is 0 Å². The van der Waals surface area contributed by atoms with Gasteiger partial charge in [0.1, 0.15) is 11.6 Å². The largest absolute Gasteiger partial charge is 0.495 e. The fourth-order valence-electron chi connectivity index (χ4n) is 2.58. The first-order valence-corrected chi connectivity index (χ1v) is 8.45. The van der Waals surface area contributed by atoms with E-state index in [1.807, 2.05) is 6.92 Å². The van der Waals surface area contributed by atoms with Gasteiger partial charge < -0.3 is 10.1 Å². The Morgan fingerprint density at radius 1 is 1.29 bits per heavy atom. The van der Waals surface area contributed by atoms with Gasteiger partial charge in [0.25, 0.3) is 5.91 Å². The number of carbonyl (C=O) groups is 1. The molecule has 0 saturated heterocycles. The fourth-order valence-corrected chi connectivity index (χ4v) is 3.85. The molecule has 24 heavy (non-hydrogen) atoms. The molecule has 0 unspecified atom stereocenters. The maximum absolute atomic E-state index is 14.0. The molecular formula is C18H15ClFNO2S. The van der Waals surface area contributed by atoms with Crippen molar-refractivity contribution in [2.24, 2.45) is 0 Å². The van der Waals surface area contributed by atoms with Crippen molar-refractivity contribution in [1.29, 1.82) is 0 Å². The molecule has 0 radical (unpaired) electrons. The Labute approximate surface area is 148 Å². The zero-order valence-electron chi connectivity index (χ0n) is 13.4. The molecule has 0 atom stereocenters. The Kier molecular flexibility index (Phi) is 4.47. The van der Waals surface area contributed by atoms with Crippen molar-refractivity contribution in [2.45, 2.75) is 13.8 Å².